The maximum Gasteiger partial charge on any atom is 0.381 e. The molecule has 0 radical (unpaired) electrons. The first-order valence-corrected chi connectivity index (χ1v) is 4.28. The molecule has 1 aromatic rings. The average molecular weight is 213 g/mol. The highest BCUT2D eigenvalue weighted by atomic mass is 16.6. The van der Waals surface area contributed by atoms with Gasteiger partial charge in [-0.05, 0) is 9.91 Å². The predicted octanol–water partition coefficient (Wildman–Crippen LogP) is 0.600. The maximum atomic E-state index is 11.1. The lowest BCUT2D eigenvalue weighted by Gasteiger charge is -2.07. The second-order valence-corrected chi connectivity index (χ2v) is 3.11. The Morgan fingerprint density at radius 1 is 1.80 bits per heavy atom. The van der Waals surface area contributed by atoms with E-state index in [1.807, 2.05) is 0 Å². The smallest absolute Gasteiger partial charge is 0.381 e. The highest BCUT2D eigenvalue weighted by Crippen LogP contribution is 2.09. The summed E-state index contributed by atoms with van der Waals surface area (Å²) in [4.78, 5) is 24.4. The van der Waals surface area contributed by atoms with Crippen LogP contribution in [0.4, 0.5) is 5.82 Å². The Labute approximate surface area is 85.8 Å². The van der Waals surface area contributed by atoms with Gasteiger partial charge in [0, 0.05) is 6.54 Å². The molecule has 7 nitrogen and oxygen atoms in total. The van der Waals surface area contributed by atoms with E-state index in [2.05, 4.69) is 9.72 Å². The number of carbonyl (C=O) groups excluding carboxylic acids is 1. The summed E-state index contributed by atoms with van der Waals surface area (Å²) in [6, 6.07) is 0. The fourth-order valence-electron chi connectivity index (χ4n) is 1.13. The van der Waals surface area contributed by atoms with Crippen LogP contribution in [0, 0.1) is 16.0 Å². The summed E-state index contributed by atoms with van der Waals surface area (Å²) in [6.45, 7) is 1.99. The second kappa shape index (κ2) is 4.54. The molecule has 1 rings (SSSR count). The number of esters is 1. The molecular weight excluding hydrogens is 202 g/mol. The number of nitrogens with zero attached hydrogens (tertiary/aromatic N) is 3. The molecule has 0 amide bonds. The third-order valence-electron chi connectivity index (χ3n) is 1.89. The zero-order valence-electron chi connectivity index (χ0n) is 8.41. The van der Waals surface area contributed by atoms with Crippen molar-refractivity contribution in [3.8, 4) is 0 Å². The Bertz CT molecular complexity index is 374. The van der Waals surface area contributed by atoms with E-state index in [0.29, 0.717) is 6.54 Å². The van der Waals surface area contributed by atoms with E-state index >= 15 is 0 Å². The molecule has 0 spiro atoms. The van der Waals surface area contributed by atoms with Crippen molar-refractivity contribution >= 4 is 11.8 Å². The third kappa shape index (κ3) is 2.76. The predicted molar refractivity (Wildman–Crippen MR) is 50.1 cm³/mol. The first kappa shape index (κ1) is 11.2. The van der Waals surface area contributed by atoms with E-state index < -0.39 is 4.92 Å². The first-order chi connectivity index (χ1) is 7.04. The van der Waals surface area contributed by atoms with Gasteiger partial charge in [-0.3, -0.25) is 4.79 Å². The van der Waals surface area contributed by atoms with Crippen molar-refractivity contribution in [1.82, 2.24) is 9.55 Å². The third-order valence-corrected chi connectivity index (χ3v) is 1.89. The normalized spacial score (nSPS) is 12.1. The molecule has 1 unspecified atom stereocenters. The summed E-state index contributed by atoms with van der Waals surface area (Å²) in [7, 11) is 1.30. The van der Waals surface area contributed by atoms with E-state index in [1.165, 1.54) is 24.2 Å². The molecule has 1 aromatic heterocycles. The number of rotatable bonds is 4. The number of ether oxygens (including phenoxy) is 1. The van der Waals surface area contributed by atoms with Crippen molar-refractivity contribution in [1.29, 1.82) is 0 Å². The standard InChI is InChI=1S/C8H11N3O4/c1-6(8(12)15-2)3-10-4-7(9-5-10)11(13)14/h4-6H,3H2,1-2H3. The van der Waals surface area contributed by atoms with Gasteiger partial charge in [0.25, 0.3) is 0 Å². The fraction of sp³-hybridized carbons (Fsp3) is 0.500. The molecule has 7 heteroatoms. The zero-order chi connectivity index (χ0) is 11.4. The van der Waals surface area contributed by atoms with Gasteiger partial charge in [-0.15, -0.1) is 0 Å². The highest BCUT2D eigenvalue weighted by molar-refractivity contribution is 5.71. The van der Waals surface area contributed by atoms with Crippen LogP contribution in [0.15, 0.2) is 12.5 Å². The van der Waals surface area contributed by atoms with Crippen LogP contribution >= 0.6 is 0 Å². The van der Waals surface area contributed by atoms with E-state index in [0.717, 1.165) is 0 Å². The fourth-order valence-corrected chi connectivity index (χ4v) is 1.13. The highest BCUT2D eigenvalue weighted by Gasteiger charge is 2.16. The van der Waals surface area contributed by atoms with Gasteiger partial charge in [0.2, 0.25) is 6.33 Å². The quantitative estimate of drug-likeness (QED) is 0.415. The van der Waals surface area contributed by atoms with Gasteiger partial charge < -0.3 is 19.4 Å². The minimum atomic E-state index is -0.584. The van der Waals surface area contributed by atoms with Gasteiger partial charge in [0.05, 0.1) is 13.0 Å². The molecule has 0 aliphatic rings. The monoisotopic (exact) mass is 213 g/mol. The van der Waals surface area contributed by atoms with Gasteiger partial charge in [-0.25, -0.2) is 0 Å². The molecule has 0 aromatic carbocycles. The van der Waals surface area contributed by atoms with Crippen LogP contribution in [0.2, 0.25) is 0 Å². The van der Waals surface area contributed by atoms with E-state index in [1.54, 1.807) is 6.92 Å². The molecule has 0 bridgehead atoms. The van der Waals surface area contributed by atoms with Gasteiger partial charge in [0.15, 0.2) is 0 Å². The Hall–Kier alpha value is -1.92. The van der Waals surface area contributed by atoms with Crippen molar-refractivity contribution < 1.29 is 14.5 Å². The van der Waals surface area contributed by atoms with Gasteiger partial charge in [0.1, 0.15) is 6.20 Å². The van der Waals surface area contributed by atoms with Crippen LogP contribution in [-0.2, 0) is 16.1 Å². The Kier molecular flexibility index (Phi) is 3.37. The van der Waals surface area contributed by atoms with Crippen LogP contribution in [-0.4, -0.2) is 27.6 Å². The van der Waals surface area contributed by atoms with Crippen molar-refractivity contribution in [2.24, 2.45) is 5.92 Å². The minimum Gasteiger partial charge on any atom is -0.469 e. The lowest BCUT2D eigenvalue weighted by Crippen LogP contribution is -2.17. The maximum absolute atomic E-state index is 11.1. The van der Waals surface area contributed by atoms with Crippen molar-refractivity contribution in [3.63, 3.8) is 0 Å². The number of hydrogen-bond acceptors (Lipinski definition) is 5. The molecular formula is C8H11N3O4. The number of nitro groups is 1. The Morgan fingerprint density at radius 3 is 2.93 bits per heavy atom. The summed E-state index contributed by atoms with van der Waals surface area (Å²) < 4.78 is 6.02. The number of imidazole rings is 1. The Morgan fingerprint density at radius 2 is 2.47 bits per heavy atom. The van der Waals surface area contributed by atoms with Crippen LogP contribution in [0.1, 0.15) is 6.92 Å². The first-order valence-electron chi connectivity index (χ1n) is 4.28. The average Bonchev–Trinajstić information content (AvgIpc) is 2.65. The van der Waals surface area contributed by atoms with Crippen LogP contribution in [0.3, 0.4) is 0 Å². The van der Waals surface area contributed by atoms with E-state index in [-0.39, 0.29) is 17.7 Å². The molecule has 1 atom stereocenters. The molecule has 0 N–H and O–H groups in total. The molecule has 0 aliphatic heterocycles. The van der Waals surface area contributed by atoms with Crippen molar-refractivity contribution in [2.75, 3.05) is 7.11 Å². The Balaban J connectivity index is 2.65. The molecule has 1 heterocycles. The zero-order valence-corrected chi connectivity index (χ0v) is 8.41. The second-order valence-electron chi connectivity index (χ2n) is 3.11. The largest absolute Gasteiger partial charge is 0.469 e. The molecule has 0 saturated carbocycles. The van der Waals surface area contributed by atoms with Gasteiger partial charge in [-0.1, -0.05) is 6.92 Å². The van der Waals surface area contributed by atoms with E-state index in [9.17, 15) is 14.9 Å². The number of methoxy groups -OCH3 is 1. The summed E-state index contributed by atoms with van der Waals surface area (Å²) in [6.07, 6.45) is 2.59. The van der Waals surface area contributed by atoms with Gasteiger partial charge >= 0.3 is 11.8 Å². The summed E-state index contributed by atoms with van der Waals surface area (Å²) in [5.74, 6) is -0.942. The number of hydrogen-bond donors (Lipinski definition) is 0. The van der Waals surface area contributed by atoms with Crippen LogP contribution < -0.4 is 0 Å². The topological polar surface area (TPSA) is 87.3 Å². The lowest BCUT2D eigenvalue weighted by molar-refractivity contribution is -0.389. The summed E-state index contributed by atoms with van der Waals surface area (Å²) in [5, 5.41) is 10.3. The van der Waals surface area contributed by atoms with Crippen molar-refractivity contribution in [2.45, 2.75) is 13.5 Å². The molecule has 15 heavy (non-hydrogen) atoms. The molecule has 82 valence electrons. The van der Waals surface area contributed by atoms with E-state index in [4.69, 9.17) is 0 Å². The SMILES string of the molecule is COC(=O)C(C)Cn1cnc([N+](=O)[O-])c1. The number of aromatic nitrogens is 2. The molecule has 0 saturated heterocycles. The van der Waals surface area contributed by atoms with Crippen LogP contribution in [0.5, 0.6) is 0 Å². The van der Waals surface area contributed by atoms with Crippen LogP contribution in [0.25, 0.3) is 0 Å². The lowest BCUT2D eigenvalue weighted by atomic mass is 10.2. The molecule has 0 aliphatic carbocycles. The summed E-state index contributed by atoms with van der Waals surface area (Å²) >= 11 is 0. The number of carbonyl (C=O) groups is 1. The summed E-state index contributed by atoms with van der Waals surface area (Å²) in [5.41, 5.74) is 0. The van der Waals surface area contributed by atoms with Crippen molar-refractivity contribution in [3.05, 3.63) is 22.6 Å². The van der Waals surface area contributed by atoms with Gasteiger partial charge in [-0.2, -0.15) is 0 Å². The minimum absolute atomic E-state index is 0.230. The molecule has 0 fully saturated rings.